The molecule has 0 aliphatic heterocycles. The molecule has 0 amide bonds. The van der Waals surface area contributed by atoms with Crippen LogP contribution in [0.15, 0.2) is 83.4 Å². The van der Waals surface area contributed by atoms with Crippen LogP contribution in [-0.4, -0.2) is 0 Å². The third-order valence-corrected chi connectivity index (χ3v) is 7.43. The van der Waals surface area contributed by atoms with Gasteiger partial charge in [-0.05, 0) is 52.4 Å². The van der Waals surface area contributed by atoms with Crippen LogP contribution in [0.3, 0.4) is 0 Å². The molecule has 2 heterocycles. The van der Waals surface area contributed by atoms with Gasteiger partial charge in [-0.25, -0.2) is 8.96 Å². The first kappa shape index (κ1) is 23.9. The molecular formula is C34H28FN2O+. The summed E-state index contributed by atoms with van der Waals surface area (Å²) in [5, 5.41) is 13.9. The van der Waals surface area contributed by atoms with E-state index in [1.165, 1.54) is 0 Å². The Hall–Kier alpha value is -4.49. The minimum atomic E-state index is -0.316. The summed E-state index contributed by atoms with van der Waals surface area (Å²) in [6.45, 7) is 8.05. The van der Waals surface area contributed by atoms with Crippen LogP contribution in [0.25, 0.3) is 55.1 Å². The minimum absolute atomic E-state index is 0.235. The lowest BCUT2D eigenvalue weighted by Crippen LogP contribution is -2.34. The van der Waals surface area contributed by atoms with E-state index in [-0.39, 0.29) is 11.2 Å². The summed E-state index contributed by atoms with van der Waals surface area (Å²) in [6, 6.07) is 26.3. The van der Waals surface area contributed by atoms with Gasteiger partial charge in [0.15, 0.2) is 6.20 Å². The second-order valence-electron chi connectivity index (χ2n) is 11.1. The molecule has 0 bridgehead atoms. The van der Waals surface area contributed by atoms with Gasteiger partial charge in [0.25, 0.3) is 0 Å². The molecule has 2 aromatic heterocycles. The second kappa shape index (κ2) is 8.53. The summed E-state index contributed by atoms with van der Waals surface area (Å²) in [6.07, 6.45) is 1.87. The number of rotatable bonds is 2. The molecule has 6 aromatic rings. The number of hydrogen-bond acceptors (Lipinski definition) is 2. The van der Waals surface area contributed by atoms with Crippen molar-refractivity contribution in [2.24, 2.45) is 7.05 Å². The van der Waals surface area contributed by atoms with Gasteiger partial charge in [-0.15, -0.1) is 0 Å². The predicted octanol–water partition coefficient (Wildman–Crippen LogP) is 8.51. The Balaban J connectivity index is 1.67. The van der Waals surface area contributed by atoms with E-state index in [0.717, 1.165) is 55.1 Å². The van der Waals surface area contributed by atoms with E-state index in [1.807, 2.05) is 81.9 Å². The first-order chi connectivity index (χ1) is 18.2. The van der Waals surface area contributed by atoms with E-state index in [9.17, 15) is 5.26 Å². The maximum absolute atomic E-state index is 15.4. The molecule has 0 radical (unpaired) electrons. The van der Waals surface area contributed by atoms with E-state index < -0.39 is 0 Å². The number of fused-ring (bicyclic) bond motifs is 4. The van der Waals surface area contributed by atoms with Crippen LogP contribution in [-0.2, 0) is 12.5 Å². The Bertz CT molecular complexity index is 1950. The van der Waals surface area contributed by atoms with Crippen LogP contribution in [0.5, 0.6) is 0 Å². The van der Waals surface area contributed by atoms with Crippen LogP contribution in [0.1, 0.15) is 37.5 Å². The van der Waals surface area contributed by atoms with Gasteiger partial charge < -0.3 is 4.42 Å². The molecule has 0 unspecified atom stereocenters. The Kier molecular flexibility index (Phi) is 5.36. The van der Waals surface area contributed by atoms with Gasteiger partial charge in [-0.3, -0.25) is 0 Å². The van der Waals surface area contributed by atoms with Crippen molar-refractivity contribution in [1.29, 1.82) is 5.26 Å². The van der Waals surface area contributed by atoms with Crippen molar-refractivity contribution in [1.82, 2.24) is 0 Å². The zero-order valence-corrected chi connectivity index (χ0v) is 22.2. The SMILES string of the molecule is Cc1ccc2c(oc3c(-c4ccc5ccccc5c4)cc(C#N)cc32)c1-c1cc(F)c(C(C)(C)C)c[n+]1C. The summed E-state index contributed by atoms with van der Waals surface area (Å²) in [5.41, 5.74) is 6.75. The molecule has 0 atom stereocenters. The normalized spacial score (nSPS) is 11.9. The van der Waals surface area contributed by atoms with E-state index >= 15 is 4.39 Å². The zero-order chi connectivity index (χ0) is 26.8. The van der Waals surface area contributed by atoms with Gasteiger partial charge in [0.2, 0.25) is 5.69 Å². The number of furan rings is 1. The highest BCUT2D eigenvalue weighted by molar-refractivity contribution is 6.14. The molecule has 0 saturated heterocycles. The van der Waals surface area contributed by atoms with E-state index in [2.05, 4.69) is 36.4 Å². The molecule has 4 aromatic carbocycles. The van der Waals surface area contributed by atoms with E-state index in [1.54, 1.807) is 6.07 Å². The summed E-state index contributed by atoms with van der Waals surface area (Å²) in [4.78, 5) is 0. The average molecular weight is 500 g/mol. The Labute approximate surface area is 221 Å². The van der Waals surface area contributed by atoms with Crippen molar-refractivity contribution >= 4 is 32.7 Å². The highest BCUT2D eigenvalue weighted by Gasteiger charge is 2.28. The standard InChI is InChI=1S/C34H28FN2O/c1-20-10-13-25-27-15-21(18-36)14-26(24-12-11-22-8-6-7-9-23(22)16-24)32(27)38-33(25)31(20)30-17-29(35)28(19-37(30)5)34(2,3)4/h6-17,19H,1-5H3/q+1. The summed E-state index contributed by atoms with van der Waals surface area (Å²) >= 11 is 0. The van der Waals surface area contributed by atoms with Crippen LogP contribution < -0.4 is 4.57 Å². The monoisotopic (exact) mass is 499 g/mol. The van der Waals surface area contributed by atoms with Crippen molar-refractivity contribution in [3.63, 3.8) is 0 Å². The fourth-order valence-electron chi connectivity index (χ4n) is 5.42. The Morgan fingerprint density at radius 1 is 0.868 bits per heavy atom. The van der Waals surface area contributed by atoms with Gasteiger partial charge in [0, 0.05) is 22.4 Å². The number of pyridine rings is 1. The fourth-order valence-corrected chi connectivity index (χ4v) is 5.42. The summed E-state index contributed by atoms with van der Waals surface area (Å²) in [5.74, 6) is -0.235. The average Bonchev–Trinajstić information content (AvgIpc) is 3.26. The van der Waals surface area contributed by atoms with Gasteiger partial charge in [-0.2, -0.15) is 5.26 Å². The topological polar surface area (TPSA) is 40.8 Å². The van der Waals surface area contributed by atoms with Gasteiger partial charge >= 0.3 is 0 Å². The molecular weight excluding hydrogens is 471 g/mol. The molecule has 186 valence electrons. The molecule has 6 rings (SSSR count). The molecule has 0 aliphatic rings. The quantitative estimate of drug-likeness (QED) is 0.224. The number of hydrogen-bond donors (Lipinski definition) is 0. The first-order valence-electron chi connectivity index (χ1n) is 12.7. The lowest BCUT2D eigenvalue weighted by atomic mass is 9.87. The van der Waals surface area contributed by atoms with Crippen LogP contribution in [0.2, 0.25) is 0 Å². The molecule has 3 nitrogen and oxygen atoms in total. The summed E-state index contributed by atoms with van der Waals surface area (Å²) in [7, 11) is 1.94. The smallest absolute Gasteiger partial charge is 0.219 e. The molecule has 4 heteroatoms. The minimum Gasteiger partial charge on any atom is -0.454 e. The molecule has 0 aliphatic carbocycles. The number of aryl methyl sites for hydroxylation is 2. The highest BCUT2D eigenvalue weighted by Crippen LogP contribution is 2.42. The van der Waals surface area contributed by atoms with Crippen molar-refractivity contribution in [2.75, 3.05) is 0 Å². The zero-order valence-electron chi connectivity index (χ0n) is 22.2. The third-order valence-electron chi connectivity index (χ3n) is 7.43. The largest absolute Gasteiger partial charge is 0.454 e. The third kappa shape index (κ3) is 3.74. The van der Waals surface area contributed by atoms with Crippen LogP contribution in [0.4, 0.5) is 4.39 Å². The first-order valence-corrected chi connectivity index (χ1v) is 12.7. The number of nitriles is 1. The second-order valence-corrected chi connectivity index (χ2v) is 11.1. The number of aromatic nitrogens is 1. The van der Waals surface area contributed by atoms with Gasteiger partial charge in [-0.1, -0.05) is 69.3 Å². The van der Waals surface area contributed by atoms with E-state index in [4.69, 9.17) is 4.42 Å². The van der Waals surface area contributed by atoms with E-state index in [0.29, 0.717) is 16.7 Å². The number of halogens is 1. The highest BCUT2D eigenvalue weighted by atomic mass is 19.1. The Morgan fingerprint density at radius 2 is 1.63 bits per heavy atom. The van der Waals surface area contributed by atoms with Crippen molar-refractivity contribution in [3.8, 4) is 28.5 Å². The lowest BCUT2D eigenvalue weighted by Gasteiger charge is -2.18. The number of nitrogens with zero attached hydrogens (tertiary/aromatic N) is 2. The maximum Gasteiger partial charge on any atom is 0.219 e. The fraction of sp³-hybridized carbons (Fsp3) is 0.176. The van der Waals surface area contributed by atoms with Crippen molar-refractivity contribution in [3.05, 3.63) is 102 Å². The van der Waals surface area contributed by atoms with Crippen LogP contribution >= 0.6 is 0 Å². The molecule has 0 spiro atoms. The Morgan fingerprint density at radius 3 is 2.37 bits per heavy atom. The van der Waals surface area contributed by atoms with Crippen molar-refractivity contribution in [2.45, 2.75) is 33.1 Å². The number of benzene rings is 4. The summed E-state index contributed by atoms with van der Waals surface area (Å²) < 4.78 is 24.0. The van der Waals surface area contributed by atoms with Crippen LogP contribution in [0, 0.1) is 24.1 Å². The van der Waals surface area contributed by atoms with Gasteiger partial charge in [0.1, 0.15) is 24.0 Å². The molecule has 0 fully saturated rings. The van der Waals surface area contributed by atoms with Crippen molar-refractivity contribution < 1.29 is 13.4 Å². The van der Waals surface area contributed by atoms with Gasteiger partial charge in [0.05, 0.1) is 22.8 Å². The maximum atomic E-state index is 15.4. The lowest BCUT2D eigenvalue weighted by molar-refractivity contribution is -0.661. The predicted molar refractivity (Wildman–Crippen MR) is 151 cm³/mol. The molecule has 0 saturated carbocycles. The molecule has 0 N–H and O–H groups in total. The molecule has 38 heavy (non-hydrogen) atoms.